The van der Waals surface area contributed by atoms with Crippen LogP contribution in [0.1, 0.15) is 43.2 Å². The highest BCUT2D eigenvalue weighted by molar-refractivity contribution is 7.12. The largest absolute Gasteiger partial charge is 0.488 e. The molecule has 5 nitrogen and oxygen atoms in total. The topological polar surface area (TPSA) is 56.1 Å². The standard InChI is InChI=1S/C26H26FN3O2S/c1-16-9-17(2)25(18(3)10-16)32-14-20-12-23(33-15-20)26(31)28-24-11-19(4)30(29-24)13-21-7-5-6-8-22(21)27/h5-12,15H,13-14H2,1-4H3,(H,28,29,31). The van der Waals surface area contributed by atoms with Crippen LogP contribution in [-0.4, -0.2) is 15.7 Å². The molecule has 0 radical (unpaired) electrons. The van der Waals surface area contributed by atoms with E-state index in [0.29, 0.717) is 29.4 Å². The monoisotopic (exact) mass is 463 g/mol. The maximum atomic E-state index is 14.0. The van der Waals surface area contributed by atoms with Crippen molar-refractivity contribution in [1.82, 2.24) is 9.78 Å². The van der Waals surface area contributed by atoms with Gasteiger partial charge < -0.3 is 10.1 Å². The summed E-state index contributed by atoms with van der Waals surface area (Å²) in [5.41, 5.74) is 5.72. The minimum atomic E-state index is -0.276. The van der Waals surface area contributed by atoms with E-state index in [1.54, 1.807) is 28.9 Å². The number of rotatable bonds is 7. The van der Waals surface area contributed by atoms with Crippen LogP contribution in [0.5, 0.6) is 5.75 Å². The van der Waals surface area contributed by atoms with Gasteiger partial charge in [-0.25, -0.2) is 4.39 Å². The number of hydrogen-bond donors (Lipinski definition) is 1. The Kier molecular flexibility index (Phi) is 6.60. The van der Waals surface area contributed by atoms with E-state index in [4.69, 9.17) is 4.74 Å². The van der Waals surface area contributed by atoms with Crippen LogP contribution in [0.15, 0.2) is 53.9 Å². The number of benzene rings is 2. The molecule has 0 bridgehead atoms. The molecular formula is C26H26FN3O2S. The number of nitrogens with zero attached hydrogens (tertiary/aromatic N) is 2. The van der Waals surface area contributed by atoms with E-state index >= 15 is 0 Å². The molecule has 1 amide bonds. The number of carbonyl (C=O) groups excluding carboxylic acids is 1. The highest BCUT2D eigenvalue weighted by Gasteiger charge is 2.14. The number of ether oxygens (including phenoxy) is 1. The van der Waals surface area contributed by atoms with E-state index in [1.807, 2.05) is 32.2 Å². The van der Waals surface area contributed by atoms with Gasteiger partial charge in [-0.05, 0) is 56.3 Å². The van der Waals surface area contributed by atoms with Crippen molar-refractivity contribution in [2.45, 2.75) is 40.8 Å². The van der Waals surface area contributed by atoms with E-state index in [-0.39, 0.29) is 11.7 Å². The summed E-state index contributed by atoms with van der Waals surface area (Å²) in [5.74, 6) is 0.812. The van der Waals surface area contributed by atoms with E-state index in [0.717, 1.165) is 28.1 Å². The van der Waals surface area contributed by atoms with Crippen molar-refractivity contribution >= 4 is 23.1 Å². The van der Waals surface area contributed by atoms with Gasteiger partial charge in [0.25, 0.3) is 5.91 Å². The molecule has 2 aromatic carbocycles. The van der Waals surface area contributed by atoms with Crippen molar-refractivity contribution in [3.8, 4) is 5.75 Å². The molecule has 2 aromatic heterocycles. The molecule has 0 aliphatic rings. The van der Waals surface area contributed by atoms with Crippen LogP contribution in [0.3, 0.4) is 0 Å². The molecule has 4 rings (SSSR count). The van der Waals surface area contributed by atoms with Crippen molar-refractivity contribution < 1.29 is 13.9 Å². The number of amides is 1. The van der Waals surface area contributed by atoms with Crippen LogP contribution in [0.2, 0.25) is 0 Å². The maximum absolute atomic E-state index is 14.0. The first-order valence-electron chi connectivity index (χ1n) is 10.7. The minimum Gasteiger partial charge on any atom is -0.488 e. The fourth-order valence-corrected chi connectivity index (χ4v) is 4.61. The summed E-state index contributed by atoms with van der Waals surface area (Å²) in [7, 11) is 0. The fourth-order valence-electron chi connectivity index (χ4n) is 3.82. The van der Waals surface area contributed by atoms with Crippen LogP contribution >= 0.6 is 11.3 Å². The maximum Gasteiger partial charge on any atom is 0.266 e. The van der Waals surface area contributed by atoms with Crippen LogP contribution in [0.4, 0.5) is 10.2 Å². The summed E-state index contributed by atoms with van der Waals surface area (Å²) in [6.07, 6.45) is 0. The first-order chi connectivity index (χ1) is 15.8. The average Bonchev–Trinajstić information content (AvgIpc) is 3.36. The van der Waals surface area contributed by atoms with Crippen molar-refractivity contribution in [1.29, 1.82) is 0 Å². The molecule has 7 heteroatoms. The Hall–Kier alpha value is -3.45. The van der Waals surface area contributed by atoms with Gasteiger partial charge in [-0.15, -0.1) is 11.3 Å². The SMILES string of the molecule is Cc1cc(C)c(OCc2csc(C(=O)Nc3cc(C)n(Cc4ccccc4F)n3)c2)c(C)c1. The van der Waals surface area contributed by atoms with Gasteiger partial charge in [0.15, 0.2) is 5.82 Å². The quantitative estimate of drug-likeness (QED) is 0.355. The van der Waals surface area contributed by atoms with Crippen molar-refractivity contribution in [2.24, 2.45) is 0 Å². The number of thiophene rings is 1. The molecule has 170 valence electrons. The smallest absolute Gasteiger partial charge is 0.266 e. The summed E-state index contributed by atoms with van der Waals surface area (Å²) < 4.78 is 21.7. The Balaban J connectivity index is 1.40. The molecule has 0 fully saturated rings. The van der Waals surface area contributed by atoms with Crippen molar-refractivity contribution in [2.75, 3.05) is 5.32 Å². The summed E-state index contributed by atoms with van der Waals surface area (Å²) in [5, 5.41) is 9.18. The van der Waals surface area contributed by atoms with Gasteiger partial charge in [0, 0.05) is 22.9 Å². The lowest BCUT2D eigenvalue weighted by molar-refractivity contribution is 0.103. The van der Waals surface area contributed by atoms with Gasteiger partial charge in [0.1, 0.15) is 18.2 Å². The second-order valence-corrected chi connectivity index (χ2v) is 9.12. The summed E-state index contributed by atoms with van der Waals surface area (Å²) >= 11 is 1.36. The van der Waals surface area contributed by atoms with Gasteiger partial charge in [-0.1, -0.05) is 35.9 Å². The molecule has 0 saturated carbocycles. The highest BCUT2D eigenvalue weighted by Crippen LogP contribution is 2.26. The number of hydrogen-bond acceptors (Lipinski definition) is 4. The van der Waals surface area contributed by atoms with E-state index in [1.165, 1.54) is 23.0 Å². The first kappa shape index (κ1) is 22.7. The molecule has 0 unspecified atom stereocenters. The third-order valence-corrected chi connectivity index (χ3v) is 6.34. The van der Waals surface area contributed by atoms with Crippen LogP contribution in [-0.2, 0) is 13.2 Å². The van der Waals surface area contributed by atoms with Gasteiger partial charge in [-0.3, -0.25) is 9.48 Å². The Labute approximate surface area is 196 Å². The number of halogens is 1. The molecular weight excluding hydrogens is 437 g/mol. The molecule has 33 heavy (non-hydrogen) atoms. The predicted octanol–water partition coefficient (Wildman–Crippen LogP) is 6.20. The minimum absolute atomic E-state index is 0.232. The molecule has 0 atom stereocenters. The molecule has 0 spiro atoms. The van der Waals surface area contributed by atoms with Gasteiger partial charge in [-0.2, -0.15) is 5.10 Å². The Morgan fingerprint density at radius 3 is 2.55 bits per heavy atom. The Morgan fingerprint density at radius 1 is 1.09 bits per heavy atom. The van der Waals surface area contributed by atoms with Gasteiger partial charge in [0.2, 0.25) is 0 Å². The lowest BCUT2D eigenvalue weighted by Gasteiger charge is -2.12. The van der Waals surface area contributed by atoms with Crippen molar-refractivity contribution in [3.05, 3.63) is 98.1 Å². The third kappa shape index (κ3) is 5.31. The Bertz CT molecular complexity index is 1290. The first-order valence-corrected chi connectivity index (χ1v) is 11.6. The zero-order valence-corrected chi connectivity index (χ0v) is 19.9. The van der Waals surface area contributed by atoms with E-state index in [9.17, 15) is 9.18 Å². The van der Waals surface area contributed by atoms with Crippen LogP contribution in [0.25, 0.3) is 0 Å². The molecule has 4 aromatic rings. The molecule has 0 aliphatic carbocycles. The average molecular weight is 464 g/mol. The van der Waals surface area contributed by atoms with Crippen LogP contribution < -0.4 is 10.1 Å². The second kappa shape index (κ2) is 9.58. The number of carbonyl (C=O) groups is 1. The van der Waals surface area contributed by atoms with Crippen molar-refractivity contribution in [3.63, 3.8) is 0 Å². The number of aryl methyl sites for hydroxylation is 4. The Morgan fingerprint density at radius 2 is 1.82 bits per heavy atom. The lowest BCUT2D eigenvalue weighted by atomic mass is 10.1. The van der Waals surface area contributed by atoms with E-state index < -0.39 is 0 Å². The lowest BCUT2D eigenvalue weighted by Crippen LogP contribution is -2.12. The molecule has 0 aliphatic heterocycles. The summed E-state index contributed by atoms with van der Waals surface area (Å²) in [6.45, 7) is 8.71. The molecule has 2 heterocycles. The number of aromatic nitrogens is 2. The third-order valence-electron chi connectivity index (χ3n) is 5.37. The van der Waals surface area contributed by atoms with Gasteiger partial charge in [0.05, 0.1) is 11.4 Å². The summed E-state index contributed by atoms with van der Waals surface area (Å²) in [6, 6.07) is 14.4. The highest BCUT2D eigenvalue weighted by atomic mass is 32.1. The zero-order valence-electron chi connectivity index (χ0n) is 19.1. The number of anilines is 1. The predicted molar refractivity (Wildman–Crippen MR) is 130 cm³/mol. The van der Waals surface area contributed by atoms with E-state index in [2.05, 4.69) is 29.5 Å². The fraction of sp³-hybridized carbons (Fsp3) is 0.231. The molecule has 1 N–H and O–H groups in total. The van der Waals surface area contributed by atoms with Crippen LogP contribution in [0, 0.1) is 33.5 Å². The normalized spacial score (nSPS) is 10.9. The molecule has 0 saturated heterocycles. The second-order valence-electron chi connectivity index (χ2n) is 8.21. The van der Waals surface area contributed by atoms with Gasteiger partial charge >= 0.3 is 0 Å². The number of nitrogens with one attached hydrogen (secondary N) is 1. The zero-order chi connectivity index (χ0) is 23.5. The summed E-state index contributed by atoms with van der Waals surface area (Å²) in [4.78, 5) is 13.3.